The summed E-state index contributed by atoms with van der Waals surface area (Å²) in [6.45, 7) is 4.40. The Bertz CT molecular complexity index is 495. The smallest absolute Gasteiger partial charge is 0.248 e. The normalized spacial score (nSPS) is 18.0. The van der Waals surface area contributed by atoms with E-state index in [9.17, 15) is 9.59 Å². The second kappa shape index (κ2) is 8.45. The predicted octanol–water partition coefficient (Wildman–Crippen LogP) is -0.465. The maximum absolute atomic E-state index is 11.9. The zero-order valence-electron chi connectivity index (χ0n) is 12.7. The molecule has 0 saturated carbocycles. The Kier molecular flexibility index (Phi) is 6.29. The van der Waals surface area contributed by atoms with Gasteiger partial charge < -0.3 is 20.3 Å². The summed E-state index contributed by atoms with van der Waals surface area (Å²) < 4.78 is 5.19. The monoisotopic (exact) mass is 306 g/mol. The van der Waals surface area contributed by atoms with Gasteiger partial charge in [-0.3, -0.25) is 14.6 Å². The summed E-state index contributed by atoms with van der Waals surface area (Å²) in [7, 11) is 0. The van der Waals surface area contributed by atoms with Gasteiger partial charge in [-0.25, -0.2) is 0 Å². The Morgan fingerprint density at radius 2 is 2.36 bits per heavy atom. The van der Waals surface area contributed by atoms with E-state index in [1.54, 1.807) is 17.3 Å². The van der Waals surface area contributed by atoms with E-state index >= 15 is 0 Å². The number of nitrogens with one attached hydrogen (secondary N) is 2. The van der Waals surface area contributed by atoms with Crippen LogP contribution in [0.15, 0.2) is 24.5 Å². The first-order valence-electron chi connectivity index (χ1n) is 7.39. The lowest BCUT2D eigenvalue weighted by atomic mass is 10.2. The lowest BCUT2D eigenvalue weighted by Crippen LogP contribution is -2.52. The van der Waals surface area contributed by atoms with Gasteiger partial charge in [0.15, 0.2) is 0 Å². The van der Waals surface area contributed by atoms with Gasteiger partial charge in [0.1, 0.15) is 13.2 Å². The third-order valence-corrected chi connectivity index (χ3v) is 3.39. The number of piperazine rings is 1. The van der Waals surface area contributed by atoms with Crippen molar-refractivity contribution in [2.75, 3.05) is 32.8 Å². The highest BCUT2D eigenvalue weighted by atomic mass is 16.5. The predicted molar refractivity (Wildman–Crippen MR) is 80.9 cm³/mol. The molecule has 1 unspecified atom stereocenters. The summed E-state index contributed by atoms with van der Waals surface area (Å²) >= 11 is 0. The first-order valence-corrected chi connectivity index (χ1v) is 7.39. The number of carbonyl (C=O) groups is 2. The molecule has 2 rings (SSSR count). The average Bonchev–Trinajstić information content (AvgIpc) is 2.54. The van der Waals surface area contributed by atoms with Crippen LogP contribution >= 0.6 is 0 Å². The molecule has 2 heterocycles. The zero-order valence-corrected chi connectivity index (χ0v) is 12.7. The van der Waals surface area contributed by atoms with Crippen molar-refractivity contribution in [3.8, 4) is 0 Å². The van der Waals surface area contributed by atoms with Crippen LogP contribution in [-0.4, -0.2) is 60.6 Å². The first kappa shape index (κ1) is 16.4. The largest absolute Gasteiger partial charge is 0.362 e. The second-order valence-electron chi connectivity index (χ2n) is 5.33. The van der Waals surface area contributed by atoms with Gasteiger partial charge in [-0.15, -0.1) is 0 Å². The molecule has 1 atom stereocenters. The number of amides is 2. The van der Waals surface area contributed by atoms with E-state index in [2.05, 4.69) is 15.6 Å². The summed E-state index contributed by atoms with van der Waals surface area (Å²) in [6.07, 6.45) is 3.37. The van der Waals surface area contributed by atoms with Crippen molar-refractivity contribution in [3.63, 3.8) is 0 Å². The van der Waals surface area contributed by atoms with Gasteiger partial charge in [0.2, 0.25) is 11.8 Å². The molecule has 7 heteroatoms. The van der Waals surface area contributed by atoms with E-state index in [4.69, 9.17) is 4.74 Å². The van der Waals surface area contributed by atoms with E-state index in [0.717, 1.165) is 12.1 Å². The summed E-state index contributed by atoms with van der Waals surface area (Å²) in [4.78, 5) is 29.3. The van der Waals surface area contributed by atoms with Crippen LogP contribution in [0.2, 0.25) is 0 Å². The molecule has 0 radical (unpaired) electrons. The number of hydrogen-bond donors (Lipinski definition) is 2. The number of hydrogen-bond acceptors (Lipinski definition) is 5. The van der Waals surface area contributed by atoms with Gasteiger partial charge in [0.05, 0.1) is 0 Å². The van der Waals surface area contributed by atoms with E-state index < -0.39 is 0 Å². The molecule has 1 aromatic heterocycles. The van der Waals surface area contributed by atoms with Crippen LogP contribution in [0.3, 0.4) is 0 Å². The molecule has 2 N–H and O–H groups in total. The Morgan fingerprint density at radius 3 is 3.09 bits per heavy atom. The number of carbonyl (C=O) groups excluding carboxylic acids is 2. The molecule has 1 aromatic rings. The number of rotatable bonds is 6. The minimum atomic E-state index is -0.245. The minimum absolute atomic E-state index is 0.0625. The van der Waals surface area contributed by atoms with Crippen molar-refractivity contribution in [1.82, 2.24) is 20.5 Å². The number of ether oxygens (including phenoxy) is 1. The van der Waals surface area contributed by atoms with Crippen molar-refractivity contribution < 1.29 is 14.3 Å². The van der Waals surface area contributed by atoms with Crippen LogP contribution in [0, 0.1) is 0 Å². The van der Waals surface area contributed by atoms with Gasteiger partial charge in [0, 0.05) is 44.6 Å². The third-order valence-electron chi connectivity index (χ3n) is 3.39. The highest BCUT2D eigenvalue weighted by Gasteiger charge is 2.20. The number of aromatic nitrogens is 1. The fourth-order valence-corrected chi connectivity index (χ4v) is 2.24. The molecular formula is C15H22N4O3. The SMILES string of the molecule is CC1CN(C(=O)COCC(=O)NCc2cccnc2)CCN1. The van der Waals surface area contributed by atoms with Crippen LogP contribution in [0.4, 0.5) is 0 Å². The maximum Gasteiger partial charge on any atom is 0.248 e. The molecule has 1 aliphatic heterocycles. The average molecular weight is 306 g/mol. The van der Waals surface area contributed by atoms with E-state index in [-0.39, 0.29) is 25.0 Å². The van der Waals surface area contributed by atoms with Crippen molar-refractivity contribution in [1.29, 1.82) is 0 Å². The van der Waals surface area contributed by atoms with E-state index in [0.29, 0.717) is 25.7 Å². The lowest BCUT2D eigenvalue weighted by Gasteiger charge is -2.31. The van der Waals surface area contributed by atoms with Crippen LogP contribution < -0.4 is 10.6 Å². The van der Waals surface area contributed by atoms with Crippen molar-refractivity contribution in [2.24, 2.45) is 0 Å². The molecule has 7 nitrogen and oxygen atoms in total. The number of nitrogens with zero attached hydrogens (tertiary/aromatic N) is 2. The van der Waals surface area contributed by atoms with Crippen molar-refractivity contribution in [3.05, 3.63) is 30.1 Å². The molecule has 1 fully saturated rings. The summed E-state index contributed by atoms with van der Waals surface area (Å²) in [5.41, 5.74) is 0.918. The first-order chi connectivity index (χ1) is 10.6. The molecule has 0 bridgehead atoms. The molecule has 0 spiro atoms. The van der Waals surface area contributed by atoms with Gasteiger partial charge >= 0.3 is 0 Å². The fraction of sp³-hybridized carbons (Fsp3) is 0.533. The summed E-state index contributed by atoms with van der Waals surface area (Å²) in [6, 6.07) is 3.98. The molecule has 2 amide bonds. The second-order valence-corrected chi connectivity index (χ2v) is 5.33. The van der Waals surface area contributed by atoms with E-state index in [1.807, 2.05) is 19.1 Å². The van der Waals surface area contributed by atoms with Gasteiger partial charge in [-0.1, -0.05) is 6.07 Å². The minimum Gasteiger partial charge on any atom is -0.362 e. The topological polar surface area (TPSA) is 83.6 Å². The molecule has 120 valence electrons. The molecule has 22 heavy (non-hydrogen) atoms. The molecule has 0 aromatic carbocycles. The van der Waals surface area contributed by atoms with Gasteiger partial charge in [-0.05, 0) is 18.6 Å². The Balaban J connectivity index is 1.61. The van der Waals surface area contributed by atoms with Gasteiger partial charge in [0.25, 0.3) is 0 Å². The number of pyridine rings is 1. The van der Waals surface area contributed by atoms with Crippen molar-refractivity contribution in [2.45, 2.75) is 19.5 Å². The highest BCUT2D eigenvalue weighted by Crippen LogP contribution is 1.99. The molecule has 0 aliphatic carbocycles. The molecule has 1 saturated heterocycles. The summed E-state index contributed by atoms with van der Waals surface area (Å²) in [5, 5.41) is 5.99. The fourth-order valence-electron chi connectivity index (χ4n) is 2.24. The standard InChI is InChI=1S/C15H22N4O3/c1-12-9-19(6-5-17-12)15(21)11-22-10-14(20)18-8-13-3-2-4-16-7-13/h2-4,7,12,17H,5-6,8-11H2,1H3,(H,18,20). The summed E-state index contributed by atoms with van der Waals surface area (Å²) in [5.74, 6) is -0.321. The Labute approximate surface area is 130 Å². The van der Waals surface area contributed by atoms with Gasteiger partial charge in [-0.2, -0.15) is 0 Å². The van der Waals surface area contributed by atoms with Crippen LogP contribution in [0.25, 0.3) is 0 Å². The van der Waals surface area contributed by atoms with Crippen LogP contribution in [0.1, 0.15) is 12.5 Å². The Hall–Kier alpha value is -1.99. The zero-order chi connectivity index (χ0) is 15.8. The lowest BCUT2D eigenvalue weighted by molar-refractivity contribution is -0.139. The quantitative estimate of drug-likeness (QED) is 0.743. The molecule has 1 aliphatic rings. The maximum atomic E-state index is 11.9. The van der Waals surface area contributed by atoms with Crippen LogP contribution in [-0.2, 0) is 20.9 Å². The van der Waals surface area contributed by atoms with Crippen LogP contribution in [0.5, 0.6) is 0 Å². The molecular weight excluding hydrogens is 284 g/mol. The third kappa shape index (κ3) is 5.42. The van der Waals surface area contributed by atoms with E-state index in [1.165, 1.54) is 0 Å². The van der Waals surface area contributed by atoms with Crippen molar-refractivity contribution >= 4 is 11.8 Å². The highest BCUT2D eigenvalue weighted by molar-refractivity contribution is 5.79. The Morgan fingerprint density at radius 1 is 1.50 bits per heavy atom.